The smallest absolute Gasteiger partial charge is 0.227 e. The fraction of sp³-hybridized carbons (Fsp3) is 0.167. The summed E-state index contributed by atoms with van der Waals surface area (Å²) in [5.41, 5.74) is 1.55. The van der Waals surface area contributed by atoms with E-state index in [-0.39, 0.29) is 12.3 Å². The van der Waals surface area contributed by atoms with E-state index in [9.17, 15) is 4.79 Å². The molecule has 0 aliphatic rings. The van der Waals surface area contributed by atoms with Crippen molar-refractivity contribution < 1.29 is 14.1 Å². The minimum atomic E-state index is -0.108. The molecule has 1 aromatic heterocycles. The average Bonchev–Trinajstić information content (AvgIpc) is 3.11. The number of carbonyl (C=O) groups excluding carboxylic acids is 1. The number of rotatable bonds is 6. The number of carbonyl (C=O) groups is 1. The minimum absolute atomic E-state index is 0.108. The topological polar surface area (TPSA) is 77.2 Å². The predicted molar refractivity (Wildman–Crippen MR) is 97.4 cm³/mol. The van der Waals surface area contributed by atoms with Crippen LogP contribution in [-0.2, 0) is 11.2 Å². The highest BCUT2D eigenvalue weighted by Gasteiger charge is 2.11. The largest absolute Gasteiger partial charge is 0.497 e. The first kappa shape index (κ1) is 17.2. The first-order valence-electron chi connectivity index (χ1n) is 7.66. The van der Waals surface area contributed by atoms with Crippen molar-refractivity contribution in [1.82, 2.24) is 10.1 Å². The van der Waals surface area contributed by atoms with Gasteiger partial charge in [-0.2, -0.15) is 4.98 Å². The van der Waals surface area contributed by atoms with E-state index in [1.54, 1.807) is 7.11 Å². The molecule has 0 fully saturated rings. The van der Waals surface area contributed by atoms with Crippen LogP contribution in [0.5, 0.6) is 5.75 Å². The molecule has 0 saturated carbocycles. The number of hydrogen-bond donors (Lipinski definition) is 1. The van der Waals surface area contributed by atoms with Gasteiger partial charge in [0, 0.05) is 28.6 Å². The Bertz CT molecular complexity index is 862. The summed E-state index contributed by atoms with van der Waals surface area (Å²) < 4.78 is 11.4. The van der Waals surface area contributed by atoms with Crippen molar-refractivity contribution >= 4 is 27.5 Å². The van der Waals surface area contributed by atoms with Gasteiger partial charge in [0.1, 0.15) is 5.75 Å². The molecule has 0 bridgehead atoms. The lowest BCUT2D eigenvalue weighted by Crippen LogP contribution is -2.12. The number of halogens is 1. The van der Waals surface area contributed by atoms with Crippen LogP contribution >= 0.6 is 15.9 Å². The van der Waals surface area contributed by atoms with Gasteiger partial charge in [-0.1, -0.05) is 33.2 Å². The molecule has 2 aromatic carbocycles. The summed E-state index contributed by atoms with van der Waals surface area (Å²) in [5, 5.41) is 6.78. The summed E-state index contributed by atoms with van der Waals surface area (Å²) in [4.78, 5) is 16.3. The molecule has 1 amide bonds. The first-order chi connectivity index (χ1) is 12.1. The molecule has 3 aromatic rings. The molecule has 1 heterocycles. The molecule has 0 radical (unpaired) electrons. The number of benzene rings is 2. The Kier molecular flexibility index (Phi) is 5.45. The van der Waals surface area contributed by atoms with Crippen LogP contribution in [0.1, 0.15) is 12.3 Å². The molecule has 25 heavy (non-hydrogen) atoms. The third kappa shape index (κ3) is 4.67. The third-order valence-corrected chi connectivity index (χ3v) is 4.02. The fourth-order valence-electron chi connectivity index (χ4n) is 2.21. The molecular formula is C18H16BrN3O3. The SMILES string of the molecule is COc1cccc(-c2noc(CCC(=O)Nc3ccc(Br)cc3)n2)c1. The highest BCUT2D eigenvalue weighted by molar-refractivity contribution is 9.10. The van der Waals surface area contributed by atoms with E-state index in [1.807, 2.05) is 48.5 Å². The van der Waals surface area contributed by atoms with Gasteiger partial charge < -0.3 is 14.6 Å². The van der Waals surface area contributed by atoms with Crippen LogP contribution in [-0.4, -0.2) is 23.2 Å². The van der Waals surface area contributed by atoms with Gasteiger partial charge in [0.05, 0.1) is 7.11 Å². The van der Waals surface area contributed by atoms with Gasteiger partial charge >= 0.3 is 0 Å². The van der Waals surface area contributed by atoms with Crippen molar-refractivity contribution in [1.29, 1.82) is 0 Å². The van der Waals surface area contributed by atoms with E-state index in [4.69, 9.17) is 9.26 Å². The molecule has 128 valence electrons. The molecule has 0 aliphatic heterocycles. The van der Waals surface area contributed by atoms with E-state index in [1.165, 1.54) is 0 Å². The maximum absolute atomic E-state index is 12.0. The summed E-state index contributed by atoms with van der Waals surface area (Å²) in [7, 11) is 1.60. The number of amides is 1. The van der Waals surface area contributed by atoms with Crippen molar-refractivity contribution in [2.75, 3.05) is 12.4 Å². The Morgan fingerprint density at radius 2 is 2.04 bits per heavy atom. The third-order valence-electron chi connectivity index (χ3n) is 3.49. The van der Waals surface area contributed by atoms with Crippen LogP contribution in [0.3, 0.4) is 0 Å². The van der Waals surface area contributed by atoms with E-state index in [0.29, 0.717) is 18.1 Å². The first-order valence-corrected chi connectivity index (χ1v) is 8.46. The molecule has 7 heteroatoms. The normalized spacial score (nSPS) is 10.5. The van der Waals surface area contributed by atoms with Crippen molar-refractivity contribution in [2.24, 2.45) is 0 Å². The average molecular weight is 402 g/mol. The van der Waals surface area contributed by atoms with Gasteiger partial charge in [0.15, 0.2) is 0 Å². The number of aryl methyl sites for hydroxylation is 1. The van der Waals surface area contributed by atoms with Crippen LogP contribution in [0.25, 0.3) is 11.4 Å². The van der Waals surface area contributed by atoms with Gasteiger partial charge in [0.2, 0.25) is 17.6 Å². The number of aromatic nitrogens is 2. The number of hydrogen-bond acceptors (Lipinski definition) is 5. The monoisotopic (exact) mass is 401 g/mol. The van der Waals surface area contributed by atoms with Crippen LogP contribution in [0.2, 0.25) is 0 Å². The fourth-order valence-corrected chi connectivity index (χ4v) is 2.48. The van der Waals surface area contributed by atoms with E-state index >= 15 is 0 Å². The van der Waals surface area contributed by atoms with Crippen molar-refractivity contribution in [3.05, 3.63) is 58.9 Å². The zero-order valence-corrected chi connectivity index (χ0v) is 15.1. The number of nitrogens with zero attached hydrogens (tertiary/aromatic N) is 2. The molecule has 3 rings (SSSR count). The lowest BCUT2D eigenvalue weighted by Gasteiger charge is -2.03. The molecular weight excluding hydrogens is 386 g/mol. The molecule has 6 nitrogen and oxygen atoms in total. The summed E-state index contributed by atoms with van der Waals surface area (Å²) in [6, 6.07) is 14.8. The zero-order valence-electron chi connectivity index (χ0n) is 13.5. The maximum Gasteiger partial charge on any atom is 0.227 e. The van der Waals surface area contributed by atoms with Gasteiger partial charge in [-0.15, -0.1) is 0 Å². The van der Waals surface area contributed by atoms with E-state index in [2.05, 4.69) is 31.4 Å². The van der Waals surface area contributed by atoms with Gasteiger partial charge in [0.25, 0.3) is 0 Å². The van der Waals surface area contributed by atoms with Crippen LogP contribution < -0.4 is 10.1 Å². The second-order valence-electron chi connectivity index (χ2n) is 5.30. The van der Waals surface area contributed by atoms with Gasteiger partial charge in [-0.05, 0) is 36.4 Å². The summed E-state index contributed by atoms with van der Waals surface area (Å²) in [5.74, 6) is 1.51. The van der Waals surface area contributed by atoms with Crippen LogP contribution in [0.4, 0.5) is 5.69 Å². The molecule has 0 unspecified atom stereocenters. The van der Waals surface area contributed by atoms with E-state index < -0.39 is 0 Å². The second-order valence-corrected chi connectivity index (χ2v) is 6.21. The number of nitrogens with one attached hydrogen (secondary N) is 1. The second kappa shape index (κ2) is 7.94. The van der Waals surface area contributed by atoms with Gasteiger partial charge in [-0.25, -0.2) is 0 Å². The summed E-state index contributed by atoms with van der Waals surface area (Å²) in [6.07, 6.45) is 0.634. The lowest BCUT2D eigenvalue weighted by molar-refractivity contribution is -0.116. The molecule has 0 spiro atoms. The Hall–Kier alpha value is -2.67. The Morgan fingerprint density at radius 1 is 1.24 bits per heavy atom. The number of ether oxygens (including phenoxy) is 1. The maximum atomic E-state index is 12.0. The van der Waals surface area contributed by atoms with Crippen LogP contribution in [0.15, 0.2) is 57.5 Å². The van der Waals surface area contributed by atoms with Crippen LogP contribution in [0, 0.1) is 0 Å². The van der Waals surface area contributed by atoms with Crippen molar-refractivity contribution in [3.8, 4) is 17.1 Å². The lowest BCUT2D eigenvalue weighted by atomic mass is 10.2. The van der Waals surface area contributed by atoms with Crippen molar-refractivity contribution in [2.45, 2.75) is 12.8 Å². The summed E-state index contributed by atoms with van der Waals surface area (Å²) in [6.45, 7) is 0. The number of anilines is 1. The molecule has 1 N–H and O–H groups in total. The Balaban J connectivity index is 1.57. The minimum Gasteiger partial charge on any atom is -0.497 e. The predicted octanol–water partition coefficient (Wildman–Crippen LogP) is 4.08. The van der Waals surface area contributed by atoms with Crippen molar-refractivity contribution in [3.63, 3.8) is 0 Å². The quantitative estimate of drug-likeness (QED) is 0.673. The molecule has 0 aliphatic carbocycles. The Labute approximate surface area is 153 Å². The highest BCUT2D eigenvalue weighted by atomic mass is 79.9. The zero-order chi connectivity index (χ0) is 17.6. The Morgan fingerprint density at radius 3 is 2.80 bits per heavy atom. The molecule has 0 saturated heterocycles. The molecule has 0 atom stereocenters. The number of methoxy groups -OCH3 is 1. The summed E-state index contributed by atoms with van der Waals surface area (Å²) >= 11 is 3.36. The standard InChI is InChI=1S/C18H16BrN3O3/c1-24-15-4-2-3-12(11-15)18-21-17(25-22-18)10-9-16(23)20-14-7-5-13(19)6-8-14/h2-8,11H,9-10H2,1H3,(H,20,23). The highest BCUT2D eigenvalue weighted by Crippen LogP contribution is 2.21. The van der Waals surface area contributed by atoms with E-state index in [0.717, 1.165) is 21.5 Å². The van der Waals surface area contributed by atoms with Gasteiger partial charge in [-0.3, -0.25) is 4.79 Å².